The van der Waals surface area contributed by atoms with Gasteiger partial charge in [0.2, 0.25) is 0 Å². The summed E-state index contributed by atoms with van der Waals surface area (Å²) in [6.07, 6.45) is 0. The van der Waals surface area contributed by atoms with Gasteiger partial charge in [0.1, 0.15) is 0 Å². The monoisotopic (exact) mass is 191 g/mol. The molecule has 0 aliphatic rings. The maximum absolute atomic E-state index is 2.31. The van der Waals surface area contributed by atoms with Gasteiger partial charge < -0.3 is 4.90 Å². The van der Waals surface area contributed by atoms with Crippen molar-refractivity contribution in [2.75, 3.05) is 20.6 Å². The fraction of sp³-hybridized carbons (Fsp3) is 0.538. The predicted octanol–water partition coefficient (Wildman–Crippen LogP) is 2.97. The fourth-order valence-corrected chi connectivity index (χ4v) is 1.72. The van der Waals surface area contributed by atoms with Crippen molar-refractivity contribution in [3.63, 3.8) is 0 Å². The van der Waals surface area contributed by atoms with Crippen LogP contribution in [0.2, 0.25) is 0 Å². The minimum atomic E-state index is 0.615. The Labute approximate surface area is 87.7 Å². The van der Waals surface area contributed by atoms with Crippen molar-refractivity contribution in [1.82, 2.24) is 4.90 Å². The molecule has 0 spiro atoms. The number of hydrogen-bond donors (Lipinski definition) is 0. The molecule has 14 heavy (non-hydrogen) atoms. The standard InChI is InChI=1S/C13H21N/c1-10-6-7-13(8-11(10)2)12(3)9-14(4)5/h6-8,12H,9H2,1-5H3. The molecule has 78 valence electrons. The van der Waals surface area contributed by atoms with Gasteiger partial charge in [0.25, 0.3) is 0 Å². The van der Waals surface area contributed by atoms with Crippen molar-refractivity contribution in [1.29, 1.82) is 0 Å². The molecule has 0 aromatic heterocycles. The van der Waals surface area contributed by atoms with Crippen LogP contribution in [-0.4, -0.2) is 25.5 Å². The van der Waals surface area contributed by atoms with Gasteiger partial charge in [0.05, 0.1) is 0 Å². The third-order valence-electron chi connectivity index (χ3n) is 2.74. The van der Waals surface area contributed by atoms with Crippen LogP contribution in [0.5, 0.6) is 0 Å². The molecule has 0 radical (unpaired) electrons. The topological polar surface area (TPSA) is 3.24 Å². The van der Waals surface area contributed by atoms with Crippen molar-refractivity contribution in [3.05, 3.63) is 34.9 Å². The zero-order valence-electron chi connectivity index (χ0n) is 9.96. The molecule has 0 heterocycles. The molecule has 1 atom stereocenters. The number of likely N-dealkylation sites (N-methyl/N-ethyl adjacent to an activating group) is 1. The Morgan fingerprint density at radius 1 is 1.14 bits per heavy atom. The van der Waals surface area contributed by atoms with Crippen LogP contribution in [0.4, 0.5) is 0 Å². The first-order valence-electron chi connectivity index (χ1n) is 5.22. The van der Waals surface area contributed by atoms with Gasteiger partial charge in [-0.05, 0) is 50.6 Å². The van der Waals surface area contributed by atoms with Crippen LogP contribution in [0.15, 0.2) is 18.2 Å². The highest BCUT2D eigenvalue weighted by atomic mass is 15.1. The number of rotatable bonds is 3. The summed E-state index contributed by atoms with van der Waals surface area (Å²) < 4.78 is 0. The highest BCUT2D eigenvalue weighted by Crippen LogP contribution is 2.18. The minimum absolute atomic E-state index is 0.615. The van der Waals surface area contributed by atoms with Crippen LogP contribution in [0.3, 0.4) is 0 Å². The van der Waals surface area contributed by atoms with E-state index in [1.807, 2.05) is 0 Å². The molecular weight excluding hydrogens is 170 g/mol. The Balaban J connectivity index is 2.80. The number of hydrogen-bond acceptors (Lipinski definition) is 1. The van der Waals surface area contributed by atoms with Gasteiger partial charge >= 0.3 is 0 Å². The molecule has 1 rings (SSSR count). The third kappa shape index (κ3) is 2.85. The normalized spacial score (nSPS) is 13.3. The lowest BCUT2D eigenvalue weighted by atomic mass is 9.97. The summed E-state index contributed by atoms with van der Waals surface area (Å²) in [5.74, 6) is 0.615. The first kappa shape index (κ1) is 11.3. The van der Waals surface area contributed by atoms with E-state index < -0.39 is 0 Å². The second-order valence-corrected chi connectivity index (χ2v) is 4.51. The van der Waals surface area contributed by atoms with E-state index in [1.54, 1.807) is 0 Å². The summed E-state index contributed by atoms with van der Waals surface area (Å²) >= 11 is 0. The van der Waals surface area contributed by atoms with Gasteiger partial charge in [-0.1, -0.05) is 25.1 Å². The SMILES string of the molecule is Cc1ccc(C(C)CN(C)C)cc1C. The number of aryl methyl sites for hydroxylation is 2. The molecule has 0 bridgehead atoms. The maximum atomic E-state index is 2.31. The lowest BCUT2D eigenvalue weighted by Crippen LogP contribution is -2.18. The molecule has 0 amide bonds. The molecule has 1 aromatic rings. The summed E-state index contributed by atoms with van der Waals surface area (Å²) in [6.45, 7) is 7.74. The largest absolute Gasteiger partial charge is 0.309 e. The fourth-order valence-electron chi connectivity index (χ4n) is 1.72. The molecule has 0 saturated carbocycles. The van der Waals surface area contributed by atoms with Crippen LogP contribution < -0.4 is 0 Å². The van der Waals surface area contributed by atoms with Crippen molar-refractivity contribution in [3.8, 4) is 0 Å². The highest BCUT2D eigenvalue weighted by molar-refractivity contribution is 5.31. The van der Waals surface area contributed by atoms with Crippen molar-refractivity contribution < 1.29 is 0 Å². The van der Waals surface area contributed by atoms with Crippen LogP contribution in [-0.2, 0) is 0 Å². The Morgan fingerprint density at radius 3 is 2.29 bits per heavy atom. The first-order chi connectivity index (χ1) is 6.50. The Kier molecular flexibility index (Phi) is 3.70. The Morgan fingerprint density at radius 2 is 1.79 bits per heavy atom. The Hall–Kier alpha value is -0.820. The molecule has 1 heteroatoms. The van der Waals surface area contributed by atoms with Gasteiger partial charge in [0, 0.05) is 6.54 Å². The lowest BCUT2D eigenvalue weighted by molar-refractivity contribution is 0.383. The van der Waals surface area contributed by atoms with Crippen molar-refractivity contribution in [2.24, 2.45) is 0 Å². The van der Waals surface area contributed by atoms with Gasteiger partial charge in [0.15, 0.2) is 0 Å². The van der Waals surface area contributed by atoms with E-state index in [0.29, 0.717) is 5.92 Å². The smallest absolute Gasteiger partial charge is 0.00415 e. The van der Waals surface area contributed by atoms with E-state index >= 15 is 0 Å². The van der Waals surface area contributed by atoms with E-state index in [0.717, 1.165) is 6.54 Å². The summed E-state index contributed by atoms with van der Waals surface area (Å²) in [7, 11) is 4.25. The first-order valence-corrected chi connectivity index (χ1v) is 5.22. The molecule has 0 fully saturated rings. The summed E-state index contributed by atoms with van der Waals surface area (Å²) in [6, 6.07) is 6.77. The molecule has 1 nitrogen and oxygen atoms in total. The molecule has 0 aliphatic heterocycles. The van der Waals surface area contributed by atoms with Crippen LogP contribution >= 0.6 is 0 Å². The van der Waals surface area contributed by atoms with Gasteiger partial charge in [-0.15, -0.1) is 0 Å². The predicted molar refractivity (Wildman–Crippen MR) is 62.9 cm³/mol. The molecular formula is C13H21N. The van der Waals surface area contributed by atoms with E-state index in [1.165, 1.54) is 16.7 Å². The summed E-state index contributed by atoms with van der Waals surface area (Å²) in [5.41, 5.74) is 4.22. The van der Waals surface area contributed by atoms with E-state index in [9.17, 15) is 0 Å². The minimum Gasteiger partial charge on any atom is -0.309 e. The van der Waals surface area contributed by atoms with E-state index in [-0.39, 0.29) is 0 Å². The van der Waals surface area contributed by atoms with E-state index in [2.05, 4.69) is 58.0 Å². The second-order valence-electron chi connectivity index (χ2n) is 4.51. The second kappa shape index (κ2) is 4.61. The van der Waals surface area contributed by atoms with Crippen molar-refractivity contribution in [2.45, 2.75) is 26.7 Å². The average Bonchev–Trinajstić information content (AvgIpc) is 2.08. The third-order valence-corrected chi connectivity index (χ3v) is 2.74. The van der Waals surface area contributed by atoms with E-state index in [4.69, 9.17) is 0 Å². The number of benzene rings is 1. The molecule has 0 saturated heterocycles. The zero-order chi connectivity index (χ0) is 10.7. The van der Waals surface area contributed by atoms with Crippen LogP contribution in [0, 0.1) is 13.8 Å². The molecule has 0 N–H and O–H groups in total. The maximum Gasteiger partial charge on any atom is 0.00415 e. The van der Waals surface area contributed by atoms with Crippen LogP contribution in [0.25, 0.3) is 0 Å². The molecule has 1 unspecified atom stereocenters. The summed E-state index contributed by atoms with van der Waals surface area (Å²) in [5, 5.41) is 0. The molecule has 1 aromatic carbocycles. The molecule has 0 aliphatic carbocycles. The average molecular weight is 191 g/mol. The summed E-state index contributed by atoms with van der Waals surface area (Å²) in [4.78, 5) is 2.24. The lowest BCUT2D eigenvalue weighted by Gasteiger charge is -2.18. The van der Waals surface area contributed by atoms with Gasteiger partial charge in [-0.25, -0.2) is 0 Å². The van der Waals surface area contributed by atoms with Gasteiger partial charge in [-0.2, -0.15) is 0 Å². The van der Waals surface area contributed by atoms with Crippen molar-refractivity contribution >= 4 is 0 Å². The Bertz CT molecular complexity index is 302. The van der Waals surface area contributed by atoms with Crippen LogP contribution in [0.1, 0.15) is 29.5 Å². The quantitative estimate of drug-likeness (QED) is 0.710. The highest BCUT2D eigenvalue weighted by Gasteiger charge is 2.07. The number of nitrogens with zero attached hydrogens (tertiary/aromatic N) is 1. The van der Waals surface area contributed by atoms with Gasteiger partial charge in [-0.3, -0.25) is 0 Å². The zero-order valence-corrected chi connectivity index (χ0v) is 9.96.